The fourth-order valence-corrected chi connectivity index (χ4v) is 5.24. The van der Waals surface area contributed by atoms with E-state index in [1.54, 1.807) is 18.2 Å². The second kappa shape index (κ2) is 7.75. The van der Waals surface area contributed by atoms with E-state index in [0.29, 0.717) is 10.8 Å². The summed E-state index contributed by atoms with van der Waals surface area (Å²) in [6.45, 7) is 3.00. The molecule has 1 fully saturated rings. The average molecular weight is 374 g/mol. The zero-order chi connectivity index (χ0) is 15.3. The average Bonchev–Trinajstić information content (AvgIpc) is 2.97. The van der Waals surface area contributed by atoms with Crippen LogP contribution >= 0.6 is 15.9 Å². The first kappa shape index (κ1) is 17.0. The molecule has 1 saturated carbocycles. The zero-order valence-electron chi connectivity index (χ0n) is 12.5. The molecule has 118 valence electrons. The Bertz CT molecular complexity index is 553. The quantitative estimate of drug-likeness (QED) is 0.790. The minimum atomic E-state index is -3.24. The van der Waals surface area contributed by atoms with Gasteiger partial charge in [-0.1, -0.05) is 41.8 Å². The maximum atomic E-state index is 12.7. The molecule has 1 aromatic carbocycles. The molecule has 0 spiro atoms. The summed E-state index contributed by atoms with van der Waals surface area (Å²) in [5.74, 6) is 0.701. The Kier molecular flexibility index (Phi) is 6.26. The molecule has 2 rings (SSSR count). The fourth-order valence-electron chi connectivity index (χ4n) is 3.04. The minimum absolute atomic E-state index is 0.0800. The van der Waals surface area contributed by atoms with Crippen molar-refractivity contribution >= 4 is 25.8 Å². The Morgan fingerprint density at radius 2 is 2.05 bits per heavy atom. The molecule has 3 nitrogen and oxygen atoms in total. The van der Waals surface area contributed by atoms with Crippen LogP contribution in [0, 0.1) is 5.92 Å². The molecule has 1 aliphatic rings. The van der Waals surface area contributed by atoms with Crippen molar-refractivity contribution in [1.29, 1.82) is 0 Å². The topological polar surface area (TPSA) is 46.2 Å². The van der Waals surface area contributed by atoms with E-state index in [9.17, 15) is 8.42 Å². The van der Waals surface area contributed by atoms with Gasteiger partial charge in [0.05, 0.1) is 10.6 Å². The molecule has 1 N–H and O–H groups in total. The van der Waals surface area contributed by atoms with Crippen LogP contribution in [0.4, 0.5) is 0 Å². The van der Waals surface area contributed by atoms with Gasteiger partial charge in [-0.05, 0) is 49.9 Å². The summed E-state index contributed by atoms with van der Waals surface area (Å²) < 4.78 is 26.1. The molecule has 0 heterocycles. The van der Waals surface area contributed by atoms with Gasteiger partial charge >= 0.3 is 0 Å². The SMILES string of the molecule is CCCNC(CS(=O)(=O)c1cccc(Br)c1)C1CCCC1. The van der Waals surface area contributed by atoms with Gasteiger partial charge in [0.1, 0.15) is 0 Å². The lowest BCUT2D eigenvalue weighted by Crippen LogP contribution is -2.41. The number of benzene rings is 1. The van der Waals surface area contributed by atoms with Crippen molar-refractivity contribution in [2.45, 2.75) is 50.0 Å². The molecule has 1 aromatic rings. The maximum Gasteiger partial charge on any atom is 0.179 e. The smallest absolute Gasteiger partial charge is 0.179 e. The predicted molar refractivity (Wildman–Crippen MR) is 90.2 cm³/mol. The van der Waals surface area contributed by atoms with Gasteiger partial charge in [-0.2, -0.15) is 0 Å². The number of rotatable bonds is 7. The molecule has 0 aliphatic heterocycles. The van der Waals surface area contributed by atoms with E-state index in [1.807, 2.05) is 6.07 Å². The van der Waals surface area contributed by atoms with Crippen LogP contribution in [0.3, 0.4) is 0 Å². The van der Waals surface area contributed by atoms with Crippen molar-refractivity contribution in [2.75, 3.05) is 12.3 Å². The van der Waals surface area contributed by atoms with Gasteiger partial charge in [0, 0.05) is 10.5 Å². The molecule has 1 atom stereocenters. The fraction of sp³-hybridized carbons (Fsp3) is 0.625. The zero-order valence-corrected chi connectivity index (χ0v) is 14.9. The van der Waals surface area contributed by atoms with Crippen molar-refractivity contribution in [3.63, 3.8) is 0 Å². The number of nitrogens with one attached hydrogen (secondary N) is 1. The molecule has 21 heavy (non-hydrogen) atoms. The third-order valence-corrected chi connectivity index (χ3v) is 6.44. The van der Waals surface area contributed by atoms with E-state index in [1.165, 1.54) is 12.8 Å². The molecule has 0 radical (unpaired) electrons. The third kappa shape index (κ3) is 4.80. The molecule has 0 amide bonds. The summed E-state index contributed by atoms with van der Waals surface area (Å²) in [6, 6.07) is 7.09. The summed E-state index contributed by atoms with van der Waals surface area (Å²) in [5, 5.41) is 3.46. The van der Waals surface area contributed by atoms with Gasteiger partial charge in [-0.15, -0.1) is 0 Å². The van der Waals surface area contributed by atoms with E-state index < -0.39 is 9.84 Å². The largest absolute Gasteiger partial charge is 0.313 e. The lowest BCUT2D eigenvalue weighted by molar-refractivity contribution is 0.382. The third-order valence-electron chi connectivity index (χ3n) is 4.18. The molecule has 5 heteroatoms. The molecule has 0 saturated heterocycles. The van der Waals surface area contributed by atoms with Crippen molar-refractivity contribution < 1.29 is 8.42 Å². The van der Waals surface area contributed by atoms with Crippen molar-refractivity contribution in [1.82, 2.24) is 5.32 Å². The second-order valence-corrected chi connectivity index (χ2v) is 8.79. The van der Waals surface area contributed by atoms with E-state index in [0.717, 1.165) is 30.3 Å². The monoisotopic (exact) mass is 373 g/mol. The Labute approximate surface area is 136 Å². The van der Waals surface area contributed by atoms with Gasteiger partial charge in [0.2, 0.25) is 0 Å². The lowest BCUT2D eigenvalue weighted by Gasteiger charge is -2.24. The van der Waals surface area contributed by atoms with E-state index in [-0.39, 0.29) is 11.8 Å². The number of hydrogen-bond acceptors (Lipinski definition) is 3. The molecule has 0 aromatic heterocycles. The highest BCUT2D eigenvalue weighted by atomic mass is 79.9. The van der Waals surface area contributed by atoms with Gasteiger partial charge in [-0.3, -0.25) is 0 Å². The highest BCUT2D eigenvalue weighted by Gasteiger charge is 2.29. The van der Waals surface area contributed by atoms with E-state index in [4.69, 9.17) is 0 Å². The van der Waals surface area contributed by atoms with Crippen LogP contribution in [0.2, 0.25) is 0 Å². The van der Waals surface area contributed by atoms with Crippen LogP contribution < -0.4 is 5.32 Å². The summed E-state index contributed by atoms with van der Waals surface area (Å²) in [4.78, 5) is 0.415. The second-order valence-electron chi connectivity index (χ2n) is 5.84. The number of sulfone groups is 1. The van der Waals surface area contributed by atoms with Crippen LogP contribution in [0.15, 0.2) is 33.6 Å². The summed E-state index contributed by atoms with van der Waals surface area (Å²) in [7, 11) is -3.24. The Hall–Kier alpha value is -0.390. The predicted octanol–water partition coefficient (Wildman–Crippen LogP) is 3.78. The number of hydrogen-bond donors (Lipinski definition) is 1. The summed E-state index contributed by atoms with van der Waals surface area (Å²) in [6.07, 6.45) is 5.78. The minimum Gasteiger partial charge on any atom is -0.313 e. The first-order valence-corrected chi connectivity index (χ1v) is 10.2. The van der Waals surface area contributed by atoms with Gasteiger partial charge < -0.3 is 5.32 Å². The van der Waals surface area contributed by atoms with Gasteiger partial charge in [-0.25, -0.2) is 8.42 Å². The maximum absolute atomic E-state index is 12.7. The highest BCUT2D eigenvalue weighted by Crippen LogP contribution is 2.29. The van der Waals surface area contributed by atoms with Gasteiger partial charge in [0.25, 0.3) is 0 Å². The van der Waals surface area contributed by atoms with Crippen LogP contribution in [0.25, 0.3) is 0 Å². The molecular weight excluding hydrogens is 350 g/mol. The van der Waals surface area contributed by atoms with Crippen LogP contribution in [-0.4, -0.2) is 26.8 Å². The van der Waals surface area contributed by atoms with E-state index >= 15 is 0 Å². The van der Waals surface area contributed by atoms with Crippen LogP contribution in [0.5, 0.6) is 0 Å². The van der Waals surface area contributed by atoms with Crippen LogP contribution in [-0.2, 0) is 9.84 Å². The molecule has 1 aliphatic carbocycles. The standard InChI is InChI=1S/C16H24BrNO2S/c1-2-10-18-16(13-6-3-4-7-13)12-21(19,20)15-9-5-8-14(17)11-15/h5,8-9,11,13,16,18H,2-4,6-7,10,12H2,1H3. The summed E-state index contributed by atoms with van der Waals surface area (Å²) in [5.41, 5.74) is 0. The number of halogens is 1. The highest BCUT2D eigenvalue weighted by molar-refractivity contribution is 9.10. The van der Waals surface area contributed by atoms with Crippen molar-refractivity contribution in [3.8, 4) is 0 Å². The molecule has 0 bridgehead atoms. The van der Waals surface area contributed by atoms with Gasteiger partial charge in [0.15, 0.2) is 9.84 Å². The Morgan fingerprint density at radius 3 is 2.67 bits per heavy atom. The first-order valence-electron chi connectivity index (χ1n) is 7.74. The lowest BCUT2D eigenvalue weighted by atomic mass is 10.00. The normalized spacial score (nSPS) is 18.0. The van der Waals surface area contributed by atoms with Crippen LogP contribution in [0.1, 0.15) is 39.0 Å². The van der Waals surface area contributed by atoms with Crippen molar-refractivity contribution in [3.05, 3.63) is 28.7 Å². The van der Waals surface area contributed by atoms with Crippen molar-refractivity contribution in [2.24, 2.45) is 5.92 Å². The first-order chi connectivity index (χ1) is 10.0. The Balaban J connectivity index is 2.13. The van der Waals surface area contributed by atoms with E-state index in [2.05, 4.69) is 28.2 Å². The summed E-state index contributed by atoms with van der Waals surface area (Å²) >= 11 is 3.35. The molecular formula is C16H24BrNO2S. The Morgan fingerprint density at radius 1 is 1.33 bits per heavy atom. The molecule has 1 unspecified atom stereocenters.